The molecule has 11 heteroatoms. The second kappa shape index (κ2) is 9.47. The Hall–Kier alpha value is -3.60. The number of benzene rings is 1. The maximum atomic E-state index is 12.9. The van der Waals surface area contributed by atoms with Crippen LogP contribution in [-0.4, -0.2) is 54.9 Å². The largest absolute Gasteiger partial charge is 0.497 e. The molecule has 4 aromatic rings. The summed E-state index contributed by atoms with van der Waals surface area (Å²) in [6.45, 7) is 2.73. The van der Waals surface area contributed by atoms with Crippen LogP contribution in [0.5, 0.6) is 5.75 Å². The quantitative estimate of drug-likeness (QED) is 0.391. The van der Waals surface area contributed by atoms with Crippen LogP contribution < -0.4 is 4.74 Å². The van der Waals surface area contributed by atoms with Crippen molar-refractivity contribution in [3.05, 3.63) is 47.7 Å². The summed E-state index contributed by atoms with van der Waals surface area (Å²) in [7, 11) is 1.59. The minimum atomic E-state index is -0.160. The summed E-state index contributed by atoms with van der Waals surface area (Å²) in [4.78, 5) is 16.7. The Bertz CT molecular complexity index is 1140. The first-order valence-electron chi connectivity index (χ1n) is 9.72. The Labute approximate surface area is 182 Å². The minimum absolute atomic E-state index is 0.0388. The van der Waals surface area contributed by atoms with Crippen LogP contribution in [0.1, 0.15) is 19.2 Å². The van der Waals surface area contributed by atoms with Gasteiger partial charge in [0.25, 0.3) is 5.89 Å². The van der Waals surface area contributed by atoms with Gasteiger partial charge in [0.05, 0.1) is 18.5 Å². The number of hydrogen-bond acceptors (Lipinski definition) is 9. The average molecular weight is 440 g/mol. The number of thiophene rings is 1. The van der Waals surface area contributed by atoms with E-state index in [1.54, 1.807) is 12.0 Å². The van der Waals surface area contributed by atoms with Crippen LogP contribution in [0.3, 0.4) is 0 Å². The van der Waals surface area contributed by atoms with Gasteiger partial charge in [0.2, 0.25) is 17.6 Å². The van der Waals surface area contributed by atoms with Crippen molar-refractivity contribution in [1.82, 2.24) is 35.3 Å². The van der Waals surface area contributed by atoms with E-state index in [0.717, 1.165) is 16.9 Å². The van der Waals surface area contributed by atoms with E-state index in [4.69, 9.17) is 9.15 Å². The second-order valence-electron chi connectivity index (χ2n) is 6.67. The first-order valence-corrected chi connectivity index (χ1v) is 10.6. The summed E-state index contributed by atoms with van der Waals surface area (Å²) < 4.78 is 10.9. The molecule has 0 unspecified atom stereocenters. The summed E-state index contributed by atoms with van der Waals surface area (Å²) in [5.41, 5.74) is 0.760. The van der Waals surface area contributed by atoms with Gasteiger partial charge in [-0.05, 0) is 35.2 Å². The summed E-state index contributed by atoms with van der Waals surface area (Å²) >= 11 is 1.52. The van der Waals surface area contributed by atoms with Crippen LogP contribution in [0.15, 0.2) is 46.2 Å². The summed E-state index contributed by atoms with van der Waals surface area (Å²) in [5, 5.41) is 22.5. The average Bonchev–Trinajstić information content (AvgIpc) is 3.55. The van der Waals surface area contributed by atoms with Gasteiger partial charge in [-0.25, -0.2) is 0 Å². The van der Waals surface area contributed by atoms with E-state index < -0.39 is 0 Å². The number of methoxy groups -OCH3 is 1. The van der Waals surface area contributed by atoms with Gasteiger partial charge in [0, 0.05) is 12.1 Å². The van der Waals surface area contributed by atoms with Gasteiger partial charge in [-0.2, -0.15) is 4.80 Å². The molecule has 0 bridgehead atoms. The highest BCUT2D eigenvalue weighted by Crippen LogP contribution is 2.23. The lowest BCUT2D eigenvalue weighted by Gasteiger charge is -2.19. The molecular formula is C20H21N7O3S. The van der Waals surface area contributed by atoms with Gasteiger partial charge < -0.3 is 14.1 Å². The SMILES string of the molecule is CCCN(Cc1nnc(-c2cccs2)o1)C(=O)Cn1nnc(-c2cccc(OC)c2)n1. The van der Waals surface area contributed by atoms with Crippen molar-refractivity contribution in [1.29, 1.82) is 0 Å². The van der Waals surface area contributed by atoms with Crippen molar-refractivity contribution < 1.29 is 13.9 Å². The zero-order chi connectivity index (χ0) is 21.6. The molecule has 3 aromatic heterocycles. The Morgan fingerprint density at radius 1 is 1.23 bits per heavy atom. The molecule has 0 aliphatic heterocycles. The van der Waals surface area contributed by atoms with Gasteiger partial charge in [0.15, 0.2) is 0 Å². The Kier molecular flexibility index (Phi) is 6.32. The van der Waals surface area contributed by atoms with E-state index in [2.05, 4.69) is 25.6 Å². The van der Waals surface area contributed by atoms with Gasteiger partial charge in [-0.15, -0.1) is 31.7 Å². The normalized spacial score (nSPS) is 10.9. The zero-order valence-electron chi connectivity index (χ0n) is 17.1. The van der Waals surface area contributed by atoms with Crippen LogP contribution in [-0.2, 0) is 17.9 Å². The van der Waals surface area contributed by atoms with E-state index in [0.29, 0.717) is 29.9 Å². The number of carbonyl (C=O) groups is 1. The van der Waals surface area contributed by atoms with E-state index in [9.17, 15) is 4.79 Å². The molecule has 0 spiro atoms. The molecule has 3 heterocycles. The highest BCUT2D eigenvalue weighted by molar-refractivity contribution is 7.13. The Morgan fingerprint density at radius 3 is 2.90 bits per heavy atom. The zero-order valence-corrected chi connectivity index (χ0v) is 17.9. The van der Waals surface area contributed by atoms with E-state index in [1.165, 1.54) is 16.1 Å². The van der Waals surface area contributed by atoms with Crippen LogP contribution in [0.2, 0.25) is 0 Å². The molecule has 0 radical (unpaired) electrons. The number of ether oxygens (including phenoxy) is 1. The molecule has 4 rings (SSSR count). The summed E-state index contributed by atoms with van der Waals surface area (Å²) in [6, 6.07) is 11.2. The number of nitrogens with zero attached hydrogens (tertiary/aromatic N) is 7. The molecule has 1 aromatic carbocycles. The molecule has 1 amide bonds. The molecule has 0 aliphatic carbocycles. The molecule has 0 N–H and O–H groups in total. The van der Waals surface area contributed by atoms with Gasteiger partial charge in [-0.3, -0.25) is 4.79 Å². The maximum absolute atomic E-state index is 12.9. The third kappa shape index (κ3) is 4.94. The van der Waals surface area contributed by atoms with Gasteiger partial charge in [0.1, 0.15) is 12.3 Å². The summed E-state index contributed by atoms with van der Waals surface area (Å²) in [5.74, 6) is 1.79. The minimum Gasteiger partial charge on any atom is -0.497 e. The van der Waals surface area contributed by atoms with Crippen LogP contribution in [0, 0.1) is 0 Å². The summed E-state index contributed by atoms with van der Waals surface area (Å²) in [6.07, 6.45) is 0.789. The Morgan fingerprint density at radius 2 is 2.13 bits per heavy atom. The van der Waals surface area contributed by atoms with Crippen LogP contribution >= 0.6 is 11.3 Å². The predicted octanol–water partition coefficient (Wildman–Crippen LogP) is 2.90. The maximum Gasteiger partial charge on any atom is 0.257 e. The number of carbonyl (C=O) groups excluding carboxylic acids is 1. The van der Waals surface area contributed by atoms with Crippen LogP contribution in [0.4, 0.5) is 0 Å². The first kappa shape index (κ1) is 20.7. The van der Waals surface area contributed by atoms with Gasteiger partial charge >= 0.3 is 0 Å². The molecular weight excluding hydrogens is 418 g/mol. The molecule has 0 atom stereocenters. The fourth-order valence-corrected chi connectivity index (χ4v) is 3.60. The number of amides is 1. The first-order chi connectivity index (χ1) is 15.2. The third-order valence-corrected chi connectivity index (χ3v) is 5.29. The highest BCUT2D eigenvalue weighted by Gasteiger charge is 2.19. The van der Waals surface area contributed by atoms with Crippen molar-refractivity contribution in [3.8, 4) is 27.9 Å². The lowest BCUT2D eigenvalue weighted by atomic mass is 10.2. The number of tetrazole rings is 1. The fourth-order valence-electron chi connectivity index (χ4n) is 2.95. The standard InChI is InChI=1S/C20H21N7O3S/c1-3-9-26(12-17-21-23-20(30-17)16-8-5-10-31-16)18(28)13-27-24-19(22-25-27)14-6-4-7-15(11-14)29-2/h4-8,10-11H,3,9,12-13H2,1-2H3. The third-order valence-electron chi connectivity index (χ3n) is 4.43. The van der Waals surface area contributed by atoms with Crippen molar-refractivity contribution in [2.24, 2.45) is 0 Å². The molecule has 160 valence electrons. The topological polar surface area (TPSA) is 112 Å². The van der Waals surface area contributed by atoms with E-state index >= 15 is 0 Å². The molecule has 31 heavy (non-hydrogen) atoms. The van der Waals surface area contributed by atoms with Crippen LogP contribution in [0.25, 0.3) is 22.2 Å². The lowest BCUT2D eigenvalue weighted by Crippen LogP contribution is -2.34. The molecule has 0 saturated heterocycles. The predicted molar refractivity (Wildman–Crippen MR) is 113 cm³/mol. The molecule has 10 nitrogen and oxygen atoms in total. The smallest absolute Gasteiger partial charge is 0.257 e. The van der Waals surface area contributed by atoms with Crippen molar-refractivity contribution >= 4 is 17.2 Å². The van der Waals surface area contributed by atoms with Crippen molar-refractivity contribution in [2.75, 3.05) is 13.7 Å². The highest BCUT2D eigenvalue weighted by atomic mass is 32.1. The lowest BCUT2D eigenvalue weighted by molar-refractivity contribution is -0.133. The van der Waals surface area contributed by atoms with E-state index in [1.807, 2.05) is 48.7 Å². The molecule has 0 aliphatic rings. The monoisotopic (exact) mass is 439 g/mol. The number of rotatable bonds is 9. The van der Waals surface area contributed by atoms with Crippen molar-refractivity contribution in [3.63, 3.8) is 0 Å². The molecule has 0 fully saturated rings. The molecule has 0 saturated carbocycles. The van der Waals surface area contributed by atoms with E-state index in [-0.39, 0.29) is 19.0 Å². The fraction of sp³-hybridized carbons (Fsp3) is 0.300. The second-order valence-corrected chi connectivity index (χ2v) is 7.62. The number of hydrogen-bond donors (Lipinski definition) is 0. The Balaban J connectivity index is 1.43. The van der Waals surface area contributed by atoms with Gasteiger partial charge in [-0.1, -0.05) is 25.1 Å². The van der Waals surface area contributed by atoms with Crippen molar-refractivity contribution in [2.45, 2.75) is 26.4 Å². The number of aromatic nitrogens is 6.